The van der Waals surface area contributed by atoms with E-state index >= 15 is 0 Å². The summed E-state index contributed by atoms with van der Waals surface area (Å²) in [7, 11) is 2.28. The van der Waals surface area contributed by atoms with Crippen LogP contribution in [0.3, 0.4) is 0 Å². The Morgan fingerprint density at radius 3 is 2.81 bits per heavy atom. The number of likely N-dealkylation sites (N-methyl/N-ethyl adjacent to an activating group) is 1. The monoisotopic (exact) mass is 296 g/mol. The van der Waals surface area contributed by atoms with Crippen molar-refractivity contribution < 1.29 is 14.5 Å². The molecule has 2 N–H and O–H groups in total. The normalized spacial score (nSPS) is 31.4. The minimum atomic E-state index is 0.289. The lowest BCUT2D eigenvalue weighted by molar-refractivity contribution is -1.02. The van der Waals surface area contributed by atoms with Gasteiger partial charge in [-0.3, -0.25) is 0 Å². The summed E-state index contributed by atoms with van der Waals surface area (Å²) in [5.74, 6) is 1.04. The molecule has 118 valence electrons. The molecule has 2 saturated heterocycles. The molecule has 7 nitrogen and oxygen atoms in total. The van der Waals surface area contributed by atoms with Crippen LogP contribution in [0.15, 0.2) is 0 Å². The topological polar surface area (TPSA) is 61.7 Å². The molecular formula is C14H28N6O+2. The number of aromatic nitrogens is 4. The van der Waals surface area contributed by atoms with E-state index in [9.17, 15) is 0 Å². The molecule has 1 aromatic heterocycles. The van der Waals surface area contributed by atoms with Crippen molar-refractivity contribution in [2.24, 2.45) is 0 Å². The summed E-state index contributed by atoms with van der Waals surface area (Å²) >= 11 is 0. The molecule has 0 saturated carbocycles. The zero-order chi connectivity index (χ0) is 14.7. The minimum Gasteiger partial charge on any atom is -0.376 e. The molecule has 0 radical (unpaired) electrons. The van der Waals surface area contributed by atoms with E-state index in [0.29, 0.717) is 6.04 Å². The van der Waals surface area contributed by atoms with Gasteiger partial charge in [-0.1, -0.05) is 6.92 Å². The van der Waals surface area contributed by atoms with Gasteiger partial charge in [-0.05, 0) is 23.3 Å². The van der Waals surface area contributed by atoms with E-state index in [1.165, 1.54) is 26.2 Å². The van der Waals surface area contributed by atoms with Crippen LogP contribution in [-0.2, 0) is 11.3 Å². The fraction of sp³-hybridized carbons (Fsp3) is 0.929. The molecular weight excluding hydrogens is 268 g/mol. The lowest BCUT2D eigenvalue weighted by Gasteiger charge is -2.32. The smallest absolute Gasteiger partial charge is 0.209 e. The third-order valence-electron chi connectivity index (χ3n) is 4.92. The SMILES string of the molecule is CC[C@H](c1nnnn1C[C@H]1CCCO1)[NH+]1CC[NH+](C)CC1. The molecule has 0 spiro atoms. The number of piperazine rings is 1. The standard InChI is InChI=1S/C14H26N6O/c1-3-13(19-8-6-18(2)7-9-19)14-15-16-17-20(14)11-12-5-4-10-21-12/h12-13H,3-11H2,1-2H3/p+2/t12-,13-/m1/s1. The summed E-state index contributed by atoms with van der Waals surface area (Å²) in [6.45, 7) is 8.81. The number of hydrogen-bond acceptors (Lipinski definition) is 4. The Kier molecular flexibility index (Phi) is 4.82. The Balaban J connectivity index is 1.70. The second kappa shape index (κ2) is 6.81. The lowest BCUT2D eigenvalue weighted by atomic mass is 10.1. The van der Waals surface area contributed by atoms with E-state index in [-0.39, 0.29) is 6.10 Å². The third kappa shape index (κ3) is 3.41. The first-order valence-electron chi connectivity index (χ1n) is 8.31. The van der Waals surface area contributed by atoms with Crippen molar-refractivity contribution in [3.05, 3.63) is 5.82 Å². The van der Waals surface area contributed by atoms with Crippen molar-refractivity contribution in [2.45, 2.75) is 44.9 Å². The van der Waals surface area contributed by atoms with Crippen LogP contribution in [0.1, 0.15) is 38.1 Å². The molecule has 0 aromatic carbocycles. The Morgan fingerprint density at radius 1 is 1.33 bits per heavy atom. The Bertz CT molecular complexity index is 436. The van der Waals surface area contributed by atoms with E-state index in [0.717, 1.165) is 38.2 Å². The molecule has 2 aliphatic rings. The molecule has 0 unspecified atom stereocenters. The van der Waals surface area contributed by atoms with Crippen LogP contribution < -0.4 is 9.80 Å². The van der Waals surface area contributed by atoms with Gasteiger partial charge in [0.1, 0.15) is 32.2 Å². The quantitative estimate of drug-likeness (QED) is 0.642. The number of ether oxygens (including phenoxy) is 1. The van der Waals surface area contributed by atoms with Crippen LogP contribution in [0.25, 0.3) is 0 Å². The molecule has 7 heteroatoms. The minimum absolute atomic E-state index is 0.289. The van der Waals surface area contributed by atoms with Gasteiger partial charge in [-0.25, -0.2) is 4.68 Å². The second-order valence-corrected chi connectivity index (χ2v) is 6.43. The summed E-state index contributed by atoms with van der Waals surface area (Å²) in [4.78, 5) is 3.26. The Hall–Kier alpha value is -1.05. The third-order valence-corrected chi connectivity index (χ3v) is 4.92. The number of rotatable bonds is 5. The van der Waals surface area contributed by atoms with E-state index in [1.807, 2.05) is 4.68 Å². The summed E-state index contributed by atoms with van der Waals surface area (Å²) in [6.07, 6.45) is 3.66. The molecule has 21 heavy (non-hydrogen) atoms. The maximum atomic E-state index is 5.73. The second-order valence-electron chi connectivity index (χ2n) is 6.43. The van der Waals surface area contributed by atoms with E-state index < -0.39 is 0 Å². The molecule has 3 heterocycles. The number of nitrogens with one attached hydrogen (secondary N) is 2. The summed E-state index contributed by atoms with van der Waals surface area (Å²) in [5, 5.41) is 12.5. The first-order valence-corrected chi connectivity index (χ1v) is 8.31. The highest BCUT2D eigenvalue weighted by molar-refractivity contribution is 4.88. The van der Waals surface area contributed by atoms with Gasteiger partial charge in [-0.2, -0.15) is 0 Å². The molecule has 0 aliphatic carbocycles. The van der Waals surface area contributed by atoms with Crippen LogP contribution in [0.2, 0.25) is 0 Å². The van der Waals surface area contributed by atoms with Crippen molar-refractivity contribution in [3.8, 4) is 0 Å². The first-order chi connectivity index (χ1) is 10.3. The highest BCUT2D eigenvalue weighted by Crippen LogP contribution is 2.16. The largest absolute Gasteiger partial charge is 0.376 e. The number of tetrazole rings is 1. The highest BCUT2D eigenvalue weighted by atomic mass is 16.5. The van der Waals surface area contributed by atoms with Crippen LogP contribution in [-0.4, -0.2) is 66.1 Å². The lowest BCUT2D eigenvalue weighted by Crippen LogP contribution is -3.27. The van der Waals surface area contributed by atoms with Crippen molar-refractivity contribution >= 4 is 0 Å². The Morgan fingerprint density at radius 2 is 2.14 bits per heavy atom. The van der Waals surface area contributed by atoms with Crippen molar-refractivity contribution in [1.29, 1.82) is 0 Å². The molecule has 1 aromatic rings. The van der Waals surface area contributed by atoms with Crippen molar-refractivity contribution in [1.82, 2.24) is 20.2 Å². The fourth-order valence-electron chi connectivity index (χ4n) is 3.57. The van der Waals surface area contributed by atoms with Gasteiger partial charge < -0.3 is 14.5 Å². The molecule has 2 atom stereocenters. The number of quaternary nitrogens is 2. The van der Waals surface area contributed by atoms with Crippen LogP contribution in [0, 0.1) is 0 Å². The van der Waals surface area contributed by atoms with Gasteiger partial charge in [0.15, 0.2) is 0 Å². The average Bonchev–Trinajstić information content (AvgIpc) is 3.15. The maximum absolute atomic E-state index is 5.73. The maximum Gasteiger partial charge on any atom is 0.209 e. The fourth-order valence-corrected chi connectivity index (χ4v) is 3.57. The van der Waals surface area contributed by atoms with Gasteiger partial charge in [-0.15, -0.1) is 5.10 Å². The van der Waals surface area contributed by atoms with Crippen LogP contribution >= 0.6 is 0 Å². The number of nitrogens with zero attached hydrogens (tertiary/aromatic N) is 4. The zero-order valence-corrected chi connectivity index (χ0v) is 13.2. The van der Waals surface area contributed by atoms with Gasteiger partial charge in [0.05, 0.1) is 19.7 Å². The van der Waals surface area contributed by atoms with E-state index in [2.05, 4.69) is 29.5 Å². The van der Waals surface area contributed by atoms with Gasteiger partial charge in [0, 0.05) is 13.0 Å². The van der Waals surface area contributed by atoms with Gasteiger partial charge in [0.25, 0.3) is 0 Å². The molecule has 2 fully saturated rings. The summed E-state index contributed by atoms with van der Waals surface area (Å²) < 4.78 is 7.72. The van der Waals surface area contributed by atoms with E-state index in [1.54, 1.807) is 9.80 Å². The van der Waals surface area contributed by atoms with Gasteiger partial charge in [0.2, 0.25) is 5.82 Å². The summed E-state index contributed by atoms with van der Waals surface area (Å²) in [5.41, 5.74) is 0. The average molecular weight is 296 g/mol. The van der Waals surface area contributed by atoms with E-state index in [4.69, 9.17) is 4.74 Å². The molecule has 2 aliphatic heterocycles. The van der Waals surface area contributed by atoms with Crippen LogP contribution in [0.5, 0.6) is 0 Å². The molecule has 0 amide bonds. The predicted molar refractivity (Wildman–Crippen MR) is 77.1 cm³/mol. The molecule has 0 bridgehead atoms. The summed E-state index contributed by atoms with van der Waals surface area (Å²) in [6, 6.07) is 0.412. The van der Waals surface area contributed by atoms with Gasteiger partial charge >= 0.3 is 0 Å². The predicted octanol–water partition coefficient (Wildman–Crippen LogP) is -2.28. The highest BCUT2D eigenvalue weighted by Gasteiger charge is 2.32. The van der Waals surface area contributed by atoms with Crippen molar-refractivity contribution in [3.63, 3.8) is 0 Å². The van der Waals surface area contributed by atoms with Crippen molar-refractivity contribution in [2.75, 3.05) is 39.8 Å². The van der Waals surface area contributed by atoms with Crippen LogP contribution in [0.4, 0.5) is 0 Å². The molecule has 3 rings (SSSR count). The zero-order valence-electron chi connectivity index (χ0n) is 13.2. The Labute approximate surface area is 126 Å². The first kappa shape index (κ1) is 14.9. The number of hydrogen-bond donors (Lipinski definition) is 2.